The van der Waals surface area contributed by atoms with Gasteiger partial charge in [-0.1, -0.05) is 49.7 Å². The smallest absolute Gasteiger partial charge is 0.303 e. The van der Waals surface area contributed by atoms with Crippen LogP contribution in [0.3, 0.4) is 0 Å². The van der Waals surface area contributed by atoms with Gasteiger partial charge in [-0.2, -0.15) is 0 Å². The number of benzene rings is 4. The van der Waals surface area contributed by atoms with Gasteiger partial charge in [0.2, 0.25) is 0 Å². The third-order valence-electron chi connectivity index (χ3n) is 8.63. The first-order valence-corrected chi connectivity index (χ1v) is 16.3. The van der Waals surface area contributed by atoms with E-state index < -0.39 is 5.97 Å². The van der Waals surface area contributed by atoms with Gasteiger partial charge >= 0.3 is 5.97 Å². The van der Waals surface area contributed by atoms with Crippen LogP contribution in [0.2, 0.25) is 0 Å². The number of hydrogen-bond acceptors (Lipinski definition) is 5. The molecule has 0 aromatic heterocycles. The number of methoxy groups -OCH3 is 2. The molecule has 0 aliphatic heterocycles. The first-order chi connectivity index (χ1) is 22.7. The number of carboxylic acid groups (broad SMARTS) is 1. The van der Waals surface area contributed by atoms with Crippen molar-refractivity contribution in [1.29, 1.82) is 0 Å². The summed E-state index contributed by atoms with van der Waals surface area (Å²) in [6.07, 6.45) is 3.46. The molecule has 250 valence electrons. The lowest BCUT2D eigenvalue weighted by Crippen LogP contribution is -2.16. The summed E-state index contributed by atoms with van der Waals surface area (Å²) in [5.41, 5.74) is 8.15. The van der Waals surface area contributed by atoms with Crippen molar-refractivity contribution >= 4 is 5.97 Å². The lowest BCUT2D eigenvalue weighted by molar-refractivity contribution is -0.137. The van der Waals surface area contributed by atoms with E-state index >= 15 is 8.78 Å². The number of aliphatic carboxylic acids is 1. The second-order valence-electron chi connectivity index (χ2n) is 11.8. The molecule has 0 radical (unpaired) electrons. The zero-order valence-corrected chi connectivity index (χ0v) is 28.1. The molecule has 4 aromatic carbocycles. The van der Waals surface area contributed by atoms with Crippen molar-refractivity contribution < 1.29 is 28.2 Å². The van der Waals surface area contributed by atoms with Crippen molar-refractivity contribution in [2.24, 2.45) is 0 Å². The standard InChI is InChI=1S/C39H46F2N2O4/c1-6-7-17-42-23-33-35(40)19-27(21-37(33)46-4)29-12-10-14-31(25(29)2)32-15-11-13-30(26(32)3)28-20-36(41)34(38(22-28)47-5)24-43-18-9-8-16-39(44)45/h10-15,19-22,42-43H,6-9,16-18,23-24H2,1-5H3,(H,44,45). The second kappa shape index (κ2) is 17.0. The van der Waals surface area contributed by atoms with E-state index in [-0.39, 0.29) is 24.6 Å². The Bertz CT molecular complexity index is 1690. The van der Waals surface area contributed by atoms with Crippen LogP contribution in [0.5, 0.6) is 11.5 Å². The first-order valence-electron chi connectivity index (χ1n) is 16.3. The number of unbranched alkanes of at least 4 members (excludes halogenated alkanes) is 2. The summed E-state index contributed by atoms with van der Waals surface area (Å²) in [5.74, 6) is -0.539. The van der Waals surface area contributed by atoms with E-state index in [1.54, 1.807) is 13.2 Å². The minimum absolute atomic E-state index is 0.119. The largest absolute Gasteiger partial charge is 0.496 e. The average Bonchev–Trinajstić information content (AvgIpc) is 3.05. The molecule has 0 heterocycles. The monoisotopic (exact) mass is 644 g/mol. The fraction of sp³-hybridized carbons (Fsp3) is 0.359. The molecule has 0 fully saturated rings. The molecule has 0 bridgehead atoms. The number of carboxylic acids is 1. The summed E-state index contributed by atoms with van der Waals surface area (Å²) in [4.78, 5) is 10.7. The highest BCUT2D eigenvalue weighted by Crippen LogP contribution is 2.39. The quantitative estimate of drug-likeness (QED) is 0.0997. The summed E-state index contributed by atoms with van der Waals surface area (Å²) < 4.78 is 42.2. The molecule has 4 rings (SSSR count). The van der Waals surface area contributed by atoms with Gasteiger partial charge in [-0.15, -0.1) is 0 Å². The van der Waals surface area contributed by atoms with E-state index in [2.05, 4.69) is 23.6 Å². The molecule has 0 aliphatic rings. The maximum atomic E-state index is 15.5. The van der Waals surface area contributed by atoms with E-state index in [0.717, 1.165) is 58.3 Å². The van der Waals surface area contributed by atoms with Crippen LogP contribution < -0.4 is 20.1 Å². The first kappa shape index (κ1) is 35.6. The van der Waals surface area contributed by atoms with Gasteiger partial charge < -0.3 is 25.2 Å². The number of nitrogens with one attached hydrogen (secondary N) is 2. The van der Waals surface area contributed by atoms with Crippen LogP contribution in [-0.4, -0.2) is 38.4 Å². The number of carbonyl (C=O) groups is 1. The molecule has 3 N–H and O–H groups in total. The van der Waals surface area contributed by atoms with Crippen molar-refractivity contribution in [3.63, 3.8) is 0 Å². The summed E-state index contributed by atoms with van der Waals surface area (Å²) in [6.45, 7) is 8.25. The number of ether oxygens (including phenoxy) is 2. The Morgan fingerprint density at radius 1 is 0.702 bits per heavy atom. The van der Waals surface area contributed by atoms with E-state index in [0.29, 0.717) is 54.1 Å². The molecule has 0 unspecified atom stereocenters. The van der Waals surface area contributed by atoms with Crippen LogP contribution in [0.25, 0.3) is 33.4 Å². The van der Waals surface area contributed by atoms with Crippen LogP contribution in [0, 0.1) is 25.5 Å². The second-order valence-corrected chi connectivity index (χ2v) is 11.8. The van der Waals surface area contributed by atoms with Crippen LogP contribution in [-0.2, 0) is 17.9 Å². The molecule has 0 atom stereocenters. The van der Waals surface area contributed by atoms with Gasteiger partial charge in [0.15, 0.2) is 0 Å². The van der Waals surface area contributed by atoms with Gasteiger partial charge in [0.25, 0.3) is 0 Å². The van der Waals surface area contributed by atoms with Gasteiger partial charge in [0, 0.05) is 30.6 Å². The molecule has 0 saturated heterocycles. The summed E-state index contributed by atoms with van der Waals surface area (Å²) in [5, 5.41) is 15.3. The van der Waals surface area contributed by atoms with E-state index in [9.17, 15) is 4.79 Å². The normalized spacial score (nSPS) is 11.1. The lowest BCUT2D eigenvalue weighted by Gasteiger charge is -2.19. The third kappa shape index (κ3) is 8.76. The molecule has 0 aliphatic carbocycles. The molecular weight excluding hydrogens is 598 g/mol. The van der Waals surface area contributed by atoms with Crippen molar-refractivity contribution in [3.8, 4) is 44.9 Å². The zero-order valence-electron chi connectivity index (χ0n) is 28.1. The highest BCUT2D eigenvalue weighted by molar-refractivity contribution is 5.84. The molecular formula is C39H46F2N2O4. The minimum atomic E-state index is -0.817. The summed E-state index contributed by atoms with van der Waals surface area (Å²) in [6, 6.07) is 18.9. The third-order valence-corrected chi connectivity index (χ3v) is 8.63. The Kier molecular flexibility index (Phi) is 12.9. The highest BCUT2D eigenvalue weighted by Gasteiger charge is 2.18. The SMILES string of the molecule is CCCCNCc1c(F)cc(-c2cccc(-c3cccc(-c4cc(F)c(CNCCCCC(=O)O)c(OC)c4)c3C)c2C)cc1OC. The van der Waals surface area contributed by atoms with Crippen LogP contribution in [0.15, 0.2) is 60.7 Å². The van der Waals surface area contributed by atoms with Crippen molar-refractivity contribution in [3.05, 3.63) is 94.6 Å². The fourth-order valence-corrected chi connectivity index (χ4v) is 5.98. The van der Waals surface area contributed by atoms with Crippen LogP contribution in [0.4, 0.5) is 8.78 Å². The topological polar surface area (TPSA) is 79.8 Å². The Hall–Kier alpha value is -4.27. The summed E-state index contributed by atoms with van der Waals surface area (Å²) in [7, 11) is 3.10. The molecule has 6 nitrogen and oxygen atoms in total. The lowest BCUT2D eigenvalue weighted by atomic mass is 9.87. The molecule has 0 spiro atoms. The van der Waals surface area contributed by atoms with Gasteiger partial charge in [-0.25, -0.2) is 8.78 Å². The highest BCUT2D eigenvalue weighted by atomic mass is 19.1. The van der Waals surface area contributed by atoms with Crippen LogP contribution >= 0.6 is 0 Å². The van der Waals surface area contributed by atoms with E-state index in [1.807, 2.05) is 56.3 Å². The van der Waals surface area contributed by atoms with Gasteiger partial charge in [-0.3, -0.25) is 4.79 Å². The van der Waals surface area contributed by atoms with Gasteiger partial charge in [0.1, 0.15) is 23.1 Å². The molecule has 0 saturated carbocycles. The maximum absolute atomic E-state index is 15.5. The van der Waals surface area contributed by atoms with Crippen molar-refractivity contribution in [2.45, 2.75) is 66.0 Å². The molecule has 4 aromatic rings. The van der Waals surface area contributed by atoms with E-state index in [4.69, 9.17) is 14.6 Å². The summed E-state index contributed by atoms with van der Waals surface area (Å²) >= 11 is 0. The van der Waals surface area contributed by atoms with Gasteiger partial charge in [0.05, 0.1) is 14.2 Å². The Morgan fingerprint density at radius 2 is 1.15 bits per heavy atom. The predicted octanol–water partition coefficient (Wildman–Crippen LogP) is 8.83. The Labute approximate surface area is 277 Å². The average molecular weight is 645 g/mol. The van der Waals surface area contributed by atoms with Crippen molar-refractivity contribution in [2.75, 3.05) is 27.3 Å². The Balaban J connectivity index is 1.63. The fourth-order valence-electron chi connectivity index (χ4n) is 5.98. The predicted molar refractivity (Wildman–Crippen MR) is 185 cm³/mol. The zero-order chi connectivity index (χ0) is 33.9. The number of rotatable bonds is 17. The molecule has 47 heavy (non-hydrogen) atoms. The maximum Gasteiger partial charge on any atom is 0.303 e. The van der Waals surface area contributed by atoms with Gasteiger partial charge in [-0.05, 0) is 115 Å². The number of hydrogen-bond donors (Lipinski definition) is 3. The number of halogens is 2. The van der Waals surface area contributed by atoms with Crippen molar-refractivity contribution in [1.82, 2.24) is 10.6 Å². The molecule has 0 amide bonds. The van der Waals surface area contributed by atoms with E-state index in [1.165, 1.54) is 13.2 Å². The molecule has 8 heteroatoms. The Morgan fingerprint density at radius 3 is 1.57 bits per heavy atom. The van der Waals surface area contributed by atoms with Crippen LogP contribution in [0.1, 0.15) is 61.3 Å². The minimum Gasteiger partial charge on any atom is -0.496 e.